The summed E-state index contributed by atoms with van der Waals surface area (Å²) in [5.74, 6) is -0.0216. The molecule has 0 aliphatic carbocycles. The number of carbonyl (C=O) groups is 1. The second-order valence-corrected chi connectivity index (χ2v) is 9.85. The van der Waals surface area contributed by atoms with Gasteiger partial charge in [-0.2, -0.15) is 0 Å². The molecule has 0 saturated carbocycles. The number of amides is 1. The van der Waals surface area contributed by atoms with Crippen molar-refractivity contribution in [2.45, 2.75) is 6.54 Å². The van der Waals surface area contributed by atoms with E-state index in [0.29, 0.717) is 14.2 Å². The van der Waals surface area contributed by atoms with Crippen molar-refractivity contribution in [3.05, 3.63) is 41.1 Å². The van der Waals surface area contributed by atoms with E-state index in [1.807, 2.05) is 4.90 Å². The molecular weight excluding hydrogens is 427 g/mol. The molecule has 0 atom stereocenters. The van der Waals surface area contributed by atoms with E-state index in [9.17, 15) is 4.79 Å². The molecule has 0 radical (unpaired) electrons. The Balaban J connectivity index is 1.57. The van der Waals surface area contributed by atoms with Crippen LogP contribution in [0.2, 0.25) is 8.67 Å². The number of carbonyl (C=O) groups excluding carboxylic acids is 1. The van der Waals surface area contributed by atoms with Crippen molar-refractivity contribution in [3.63, 3.8) is 0 Å². The zero-order valence-electron chi connectivity index (χ0n) is 11.5. The second-order valence-electron chi connectivity index (χ2n) is 5.01. The Bertz CT molecular complexity index is 680. The van der Waals surface area contributed by atoms with Gasteiger partial charge in [0, 0.05) is 37.6 Å². The normalized spacial score (nSPS) is 16.2. The van der Waals surface area contributed by atoms with Gasteiger partial charge >= 0.3 is 0 Å². The van der Waals surface area contributed by atoms with Crippen LogP contribution in [0, 0.1) is 0 Å². The number of thiophene rings is 2. The number of halogens is 3. The van der Waals surface area contributed by atoms with Crippen molar-refractivity contribution in [1.82, 2.24) is 9.80 Å². The highest BCUT2D eigenvalue weighted by Crippen LogP contribution is 2.32. The topological polar surface area (TPSA) is 23.6 Å². The van der Waals surface area contributed by atoms with Crippen molar-refractivity contribution in [2.75, 3.05) is 26.2 Å². The number of hydrogen-bond donors (Lipinski definition) is 0. The molecule has 22 heavy (non-hydrogen) atoms. The maximum absolute atomic E-state index is 12.5. The number of piperazine rings is 1. The van der Waals surface area contributed by atoms with Crippen molar-refractivity contribution < 1.29 is 4.79 Å². The summed E-state index contributed by atoms with van der Waals surface area (Å²) in [4.78, 5) is 18.0. The fraction of sp³-hybridized carbons (Fsp3) is 0.357. The van der Waals surface area contributed by atoms with Gasteiger partial charge in [-0.15, -0.1) is 22.7 Å². The molecule has 0 N–H and O–H groups in total. The Labute approximate surface area is 155 Å². The van der Waals surface area contributed by atoms with Crippen LogP contribution in [0.25, 0.3) is 0 Å². The number of nitrogens with zero attached hydrogens (tertiary/aromatic N) is 2. The van der Waals surface area contributed by atoms with Crippen LogP contribution >= 0.6 is 61.8 Å². The van der Waals surface area contributed by atoms with Crippen LogP contribution in [0.3, 0.4) is 0 Å². The molecule has 3 nitrogen and oxygen atoms in total. The summed E-state index contributed by atoms with van der Waals surface area (Å²) in [6.45, 7) is 4.11. The fourth-order valence-corrected chi connectivity index (χ4v) is 5.40. The molecule has 118 valence electrons. The molecule has 1 amide bonds. The van der Waals surface area contributed by atoms with Gasteiger partial charge in [-0.1, -0.05) is 23.2 Å². The molecule has 1 fully saturated rings. The van der Waals surface area contributed by atoms with Gasteiger partial charge in [-0.05, 0) is 34.1 Å². The van der Waals surface area contributed by atoms with E-state index in [2.05, 4.69) is 33.0 Å². The summed E-state index contributed by atoms with van der Waals surface area (Å²) in [5, 5.41) is 0. The van der Waals surface area contributed by atoms with Gasteiger partial charge in [0.1, 0.15) is 4.34 Å². The van der Waals surface area contributed by atoms with E-state index in [-0.39, 0.29) is 5.91 Å². The molecule has 1 aliphatic rings. The smallest absolute Gasteiger partial charge is 0.256 e. The fourth-order valence-electron chi connectivity index (χ4n) is 2.42. The second kappa shape index (κ2) is 7.20. The number of hydrogen-bond acceptors (Lipinski definition) is 4. The average molecular weight is 440 g/mol. The predicted octanol–water partition coefficient (Wildman–Crippen LogP) is 4.84. The van der Waals surface area contributed by atoms with Gasteiger partial charge < -0.3 is 4.90 Å². The molecule has 0 spiro atoms. The highest BCUT2D eigenvalue weighted by atomic mass is 79.9. The predicted molar refractivity (Wildman–Crippen MR) is 97.5 cm³/mol. The third kappa shape index (κ3) is 3.86. The van der Waals surface area contributed by atoms with Crippen LogP contribution in [0.15, 0.2) is 22.0 Å². The molecule has 8 heteroatoms. The monoisotopic (exact) mass is 438 g/mol. The molecule has 3 heterocycles. The van der Waals surface area contributed by atoms with Crippen molar-refractivity contribution in [1.29, 1.82) is 0 Å². The summed E-state index contributed by atoms with van der Waals surface area (Å²) in [7, 11) is 0. The van der Waals surface area contributed by atoms with Gasteiger partial charge in [0.05, 0.1) is 13.7 Å². The lowest BCUT2D eigenvalue weighted by Crippen LogP contribution is -2.48. The molecule has 2 aromatic heterocycles. The van der Waals surface area contributed by atoms with Gasteiger partial charge in [0.15, 0.2) is 0 Å². The summed E-state index contributed by atoms with van der Waals surface area (Å²) in [6.07, 6.45) is 0. The maximum atomic E-state index is 12.5. The molecule has 0 unspecified atom stereocenters. The quantitative estimate of drug-likeness (QED) is 0.683. The van der Waals surface area contributed by atoms with E-state index in [4.69, 9.17) is 23.2 Å². The van der Waals surface area contributed by atoms with Crippen molar-refractivity contribution in [2.24, 2.45) is 0 Å². The summed E-state index contributed by atoms with van der Waals surface area (Å²) >= 11 is 18.5. The van der Waals surface area contributed by atoms with Crippen molar-refractivity contribution in [3.8, 4) is 0 Å². The van der Waals surface area contributed by atoms with Crippen LogP contribution in [0.4, 0.5) is 0 Å². The summed E-state index contributed by atoms with van der Waals surface area (Å²) in [6, 6.07) is 5.87. The molecule has 1 saturated heterocycles. The van der Waals surface area contributed by atoms with E-state index in [1.165, 1.54) is 16.2 Å². The third-order valence-electron chi connectivity index (χ3n) is 3.55. The molecular formula is C14H13BrCl2N2OS2. The lowest BCUT2D eigenvalue weighted by Gasteiger charge is -2.34. The standard InChI is InChI=1S/C14H13BrCl2N2OS2/c15-11-2-1-9(21-11)8-18-3-5-19(6-4-18)14(20)10-7-12(16)22-13(10)17/h1-2,7H,3-6,8H2. The molecule has 1 aliphatic heterocycles. The van der Waals surface area contributed by atoms with Gasteiger partial charge in [-0.25, -0.2) is 0 Å². The van der Waals surface area contributed by atoms with E-state index in [1.54, 1.807) is 17.4 Å². The Hall–Kier alpha value is -0.110. The van der Waals surface area contributed by atoms with Crippen LogP contribution in [-0.4, -0.2) is 41.9 Å². The van der Waals surface area contributed by atoms with Crippen LogP contribution in [-0.2, 0) is 6.54 Å². The zero-order chi connectivity index (χ0) is 15.7. The Morgan fingerprint density at radius 3 is 2.45 bits per heavy atom. The van der Waals surface area contributed by atoms with E-state index >= 15 is 0 Å². The molecule has 0 bridgehead atoms. The highest BCUT2D eigenvalue weighted by Gasteiger charge is 2.25. The molecule has 2 aromatic rings. The van der Waals surface area contributed by atoms with E-state index < -0.39 is 0 Å². The molecule has 3 rings (SSSR count). The lowest BCUT2D eigenvalue weighted by atomic mass is 10.2. The zero-order valence-corrected chi connectivity index (χ0v) is 16.3. The van der Waals surface area contributed by atoms with Crippen LogP contribution in [0.5, 0.6) is 0 Å². The minimum absolute atomic E-state index is 0.0216. The largest absolute Gasteiger partial charge is 0.336 e. The van der Waals surface area contributed by atoms with E-state index in [0.717, 1.165) is 36.5 Å². The first-order valence-electron chi connectivity index (χ1n) is 6.73. The minimum Gasteiger partial charge on any atom is -0.336 e. The summed E-state index contributed by atoms with van der Waals surface area (Å²) < 4.78 is 2.18. The Morgan fingerprint density at radius 1 is 1.18 bits per heavy atom. The van der Waals surface area contributed by atoms with Crippen molar-refractivity contribution >= 4 is 67.7 Å². The number of rotatable bonds is 3. The van der Waals surface area contributed by atoms with Gasteiger partial charge in [0.2, 0.25) is 0 Å². The minimum atomic E-state index is -0.0216. The van der Waals surface area contributed by atoms with Gasteiger partial charge in [-0.3, -0.25) is 9.69 Å². The van der Waals surface area contributed by atoms with Crippen LogP contribution in [0.1, 0.15) is 15.2 Å². The summed E-state index contributed by atoms with van der Waals surface area (Å²) in [5.41, 5.74) is 0.521. The SMILES string of the molecule is O=C(c1cc(Cl)sc1Cl)N1CCN(Cc2ccc(Br)s2)CC1. The Morgan fingerprint density at radius 2 is 1.91 bits per heavy atom. The lowest BCUT2D eigenvalue weighted by molar-refractivity contribution is 0.0630. The molecule has 0 aromatic carbocycles. The Kier molecular flexibility index (Phi) is 5.47. The third-order valence-corrected chi connectivity index (χ3v) is 6.65. The highest BCUT2D eigenvalue weighted by molar-refractivity contribution is 9.11. The first kappa shape index (κ1) is 16.7. The first-order valence-corrected chi connectivity index (χ1v) is 9.92. The maximum Gasteiger partial charge on any atom is 0.256 e. The first-order chi connectivity index (χ1) is 10.5. The average Bonchev–Trinajstić information content (AvgIpc) is 3.04. The van der Waals surface area contributed by atoms with Gasteiger partial charge in [0.25, 0.3) is 5.91 Å². The van der Waals surface area contributed by atoms with Crippen LogP contribution < -0.4 is 0 Å².